The minimum absolute atomic E-state index is 0.0674. The number of nitrogens with zero attached hydrogens (tertiary/aromatic N) is 1. The fraction of sp³-hybridized carbons (Fsp3) is 0.375. The van der Waals surface area contributed by atoms with E-state index in [0.717, 1.165) is 10.5 Å². The first-order valence-electron chi connectivity index (χ1n) is 7.18. The van der Waals surface area contributed by atoms with E-state index in [2.05, 4.69) is 0 Å². The number of ether oxygens (including phenoxy) is 1. The number of carbonyl (C=O) groups excluding carboxylic acids is 1. The molecule has 5 nitrogen and oxygen atoms in total. The van der Waals surface area contributed by atoms with Gasteiger partial charge in [0.05, 0.1) is 16.7 Å². The summed E-state index contributed by atoms with van der Waals surface area (Å²) in [4.78, 5) is 24.9. The third-order valence-corrected chi connectivity index (χ3v) is 5.37. The van der Waals surface area contributed by atoms with Crippen molar-refractivity contribution >= 4 is 35.3 Å². The van der Waals surface area contributed by atoms with Gasteiger partial charge >= 0.3 is 12.1 Å². The molecule has 3 rings (SSSR count). The van der Waals surface area contributed by atoms with Gasteiger partial charge in [-0.05, 0) is 31.0 Å². The molecule has 7 heteroatoms. The Morgan fingerprint density at radius 1 is 1.35 bits per heavy atom. The molecular formula is C16H15Cl2NO4. The highest BCUT2D eigenvalue weighted by atomic mass is 35.5. The summed E-state index contributed by atoms with van der Waals surface area (Å²) in [5, 5.41) is 10.1. The average Bonchev–Trinajstić information content (AvgIpc) is 3.21. The fourth-order valence-corrected chi connectivity index (χ4v) is 3.67. The molecule has 0 spiro atoms. The predicted octanol–water partition coefficient (Wildman–Crippen LogP) is 3.69. The van der Waals surface area contributed by atoms with Crippen LogP contribution in [0.25, 0.3) is 0 Å². The van der Waals surface area contributed by atoms with Crippen LogP contribution >= 0.6 is 23.2 Å². The van der Waals surface area contributed by atoms with Gasteiger partial charge < -0.3 is 9.84 Å². The number of hydrogen-bond donors (Lipinski definition) is 1. The lowest BCUT2D eigenvalue weighted by Gasteiger charge is -2.30. The standard InChI is InChI=1S/C16H15Cl2NO4/c1-2-23-13(20)16-8-15(16,5-6-19(9-16)14(21)22)10-3-4-11(17)12(18)7-10/h3-7H,2,8-9H2,1H3,(H,21,22)/t15-,16-/m1/s1. The molecular weight excluding hydrogens is 341 g/mol. The maximum absolute atomic E-state index is 12.5. The van der Waals surface area contributed by atoms with Gasteiger partial charge in [-0.15, -0.1) is 0 Å². The number of hydrogen-bond acceptors (Lipinski definition) is 3. The van der Waals surface area contributed by atoms with Gasteiger partial charge in [-0.3, -0.25) is 9.69 Å². The van der Waals surface area contributed by atoms with Crippen molar-refractivity contribution < 1.29 is 19.4 Å². The molecule has 1 aliphatic heterocycles. The lowest BCUT2D eigenvalue weighted by molar-refractivity contribution is -0.151. The molecule has 1 heterocycles. The van der Waals surface area contributed by atoms with Gasteiger partial charge in [0.25, 0.3) is 0 Å². The summed E-state index contributed by atoms with van der Waals surface area (Å²) in [6.45, 7) is 2.04. The number of benzene rings is 1. The summed E-state index contributed by atoms with van der Waals surface area (Å²) < 4.78 is 5.20. The lowest BCUT2D eigenvalue weighted by Crippen LogP contribution is -2.42. The predicted molar refractivity (Wildman–Crippen MR) is 85.7 cm³/mol. The summed E-state index contributed by atoms with van der Waals surface area (Å²) >= 11 is 12.1. The van der Waals surface area contributed by atoms with Crippen molar-refractivity contribution in [2.24, 2.45) is 5.41 Å². The number of esters is 1. The number of fused-ring (bicyclic) bond motifs is 1. The number of halogens is 2. The fourth-order valence-electron chi connectivity index (χ4n) is 3.38. The van der Waals surface area contributed by atoms with E-state index in [0.29, 0.717) is 16.5 Å². The van der Waals surface area contributed by atoms with E-state index in [1.165, 1.54) is 6.20 Å². The largest absolute Gasteiger partial charge is 0.465 e. The Bertz CT molecular complexity index is 720. The van der Waals surface area contributed by atoms with Crippen LogP contribution in [0.15, 0.2) is 30.5 Å². The second kappa shape index (κ2) is 5.42. The van der Waals surface area contributed by atoms with Crippen LogP contribution in [0.2, 0.25) is 10.0 Å². The number of rotatable bonds is 3. The minimum atomic E-state index is -1.10. The number of carbonyl (C=O) groups is 2. The molecule has 0 saturated heterocycles. The van der Waals surface area contributed by atoms with Gasteiger partial charge in [0, 0.05) is 18.2 Å². The zero-order chi connectivity index (χ0) is 16.8. The van der Waals surface area contributed by atoms with Crippen molar-refractivity contribution in [2.45, 2.75) is 18.8 Å². The van der Waals surface area contributed by atoms with Crippen molar-refractivity contribution in [3.05, 3.63) is 46.1 Å². The van der Waals surface area contributed by atoms with E-state index >= 15 is 0 Å². The highest BCUT2D eigenvalue weighted by molar-refractivity contribution is 6.42. The maximum Gasteiger partial charge on any atom is 0.411 e. The summed E-state index contributed by atoms with van der Waals surface area (Å²) in [5.41, 5.74) is -0.673. The van der Waals surface area contributed by atoms with Crippen LogP contribution in [0.5, 0.6) is 0 Å². The molecule has 1 aromatic carbocycles. The van der Waals surface area contributed by atoms with E-state index in [1.807, 2.05) is 6.07 Å². The van der Waals surface area contributed by atoms with Crippen molar-refractivity contribution in [3.8, 4) is 0 Å². The zero-order valence-electron chi connectivity index (χ0n) is 12.4. The molecule has 0 bridgehead atoms. The Morgan fingerprint density at radius 2 is 2.09 bits per heavy atom. The quantitative estimate of drug-likeness (QED) is 0.839. The molecule has 1 amide bonds. The molecule has 0 aromatic heterocycles. The first-order chi connectivity index (χ1) is 10.9. The van der Waals surface area contributed by atoms with Gasteiger partial charge in [0.1, 0.15) is 5.41 Å². The molecule has 1 fully saturated rings. The van der Waals surface area contributed by atoms with Crippen molar-refractivity contribution in [3.63, 3.8) is 0 Å². The van der Waals surface area contributed by atoms with E-state index in [-0.39, 0.29) is 19.1 Å². The second-order valence-corrected chi connectivity index (χ2v) is 6.62. The van der Waals surface area contributed by atoms with Crippen LogP contribution in [0.1, 0.15) is 18.9 Å². The molecule has 1 saturated carbocycles. The highest BCUT2D eigenvalue weighted by Gasteiger charge is 2.74. The molecule has 23 heavy (non-hydrogen) atoms. The van der Waals surface area contributed by atoms with Crippen LogP contribution in [0, 0.1) is 5.41 Å². The first kappa shape index (κ1) is 16.1. The molecule has 1 aromatic rings. The third-order valence-electron chi connectivity index (χ3n) is 4.64. The first-order valence-corrected chi connectivity index (χ1v) is 7.93. The number of carboxylic acid groups (broad SMARTS) is 1. The Kier molecular flexibility index (Phi) is 3.81. The van der Waals surface area contributed by atoms with Crippen molar-refractivity contribution in [2.75, 3.05) is 13.2 Å². The zero-order valence-corrected chi connectivity index (χ0v) is 13.9. The highest BCUT2D eigenvalue weighted by Crippen LogP contribution is 2.68. The Morgan fingerprint density at radius 3 is 2.70 bits per heavy atom. The third kappa shape index (κ3) is 2.30. The van der Waals surface area contributed by atoms with Crippen LogP contribution in [-0.2, 0) is 14.9 Å². The smallest absolute Gasteiger partial charge is 0.411 e. The van der Waals surface area contributed by atoms with Crippen LogP contribution in [-0.4, -0.2) is 35.2 Å². The van der Waals surface area contributed by atoms with Crippen LogP contribution in [0.3, 0.4) is 0 Å². The Hall–Kier alpha value is -1.72. The van der Waals surface area contributed by atoms with Gasteiger partial charge in [0.15, 0.2) is 0 Å². The van der Waals surface area contributed by atoms with Gasteiger partial charge in [-0.1, -0.05) is 35.3 Å². The lowest BCUT2D eigenvalue weighted by atomic mass is 9.83. The number of amides is 1. The number of allylic oxidation sites excluding steroid dienone is 1. The molecule has 1 aliphatic carbocycles. The molecule has 1 N–H and O–H groups in total. The molecule has 0 radical (unpaired) electrons. The Labute approximate surface area is 143 Å². The molecule has 2 aliphatic rings. The second-order valence-electron chi connectivity index (χ2n) is 5.81. The van der Waals surface area contributed by atoms with E-state index < -0.39 is 16.9 Å². The summed E-state index contributed by atoms with van der Waals surface area (Å²) in [6, 6.07) is 5.22. The Balaban J connectivity index is 2.06. The van der Waals surface area contributed by atoms with Gasteiger partial charge in [-0.25, -0.2) is 4.79 Å². The normalized spacial score (nSPS) is 28.2. The van der Waals surface area contributed by atoms with Crippen LogP contribution < -0.4 is 0 Å². The van der Waals surface area contributed by atoms with E-state index in [4.69, 9.17) is 27.9 Å². The summed E-state index contributed by atoms with van der Waals surface area (Å²) in [5.74, 6) is -0.387. The summed E-state index contributed by atoms with van der Waals surface area (Å²) in [6.07, 6.45) is 2.63. The topological polar surface area (TPSA) is 66.8 Å². The van der Waals surface area contributed by atoms with Crippen molar-refractivity contribution in [1.82, 2.24) is 4.90 Å². The monoisotopic (exact) mass is 355 g/mol. The SMILES string of the molecule is CCOC(=O)[C@@]12CN(C(=O)O)C=C[C@]1(c1ccc(Cl)c(Cl)c1)C2. The summed E-state index contributed by atoms with van der Waals surface area (Å²) in [7, 11) is 0. The van der Waals surface area contributed by atoms with Gasteiger partial charge in [-0.2, -0.15) is 0 Å². The molecule has 0 unspecified atom stereocenters. The van der Waals surface area contributed by atoms with E-state index in [9.17, 15) is 14.7 Å². The molecule has 2 atom stereocenters. The van der Waals surface area contributed by atoms with E-state index in [1.54, 1.807) is 25.1 Å². The maximum atomic E-state index is 12.5. The van der Waals surface area contributed by atoms with Crippen molar-refractivity contribution in [1.29, 1.82) is 0 Å². The van der Waals surface area contributed by atoms with Crippen LogP contribution in [0.4, 0.5) is 4.79 Å². The van der Waals surface area contributed by atoms with Gasteiger partial charge in [0.2, 0.25) is 0 Å². The average molecular weight is 356 g/mol. The minimum Gasteiger partial charge on any atom is -0.465 e. The molecule has 122 valence electrons.